The Morgan fingerprint density at radius 1 is 1.32 bits per heavy atom. The molecule has 3 N–H and O–H groups in total. The summed E-state index contributed by atoms with van der Waals surface area (Å²) in [6.07, 6.45) is -4.44. The van der Waals surface area contributed by atoms with Gasteiger partial charge >= 0.3 is 6.18 Å². The zero-order chi connectivity index (χ0) is 18.4. The van der Waals surface area contributed by atoms with Crippen LogP contribution in [-0.4, -0.2) is 38.8 Å². The van der Waals surface area contributed by atoms with E-state index < -0.39 is 11.7 Å². The fourth-order valence-electron chi connectivity index (χ4n) is 2.52. The Morgan fingerprint density at radius 2 is 2.00 bits per heavy atom. The zero-order valence-electron chi connectivity index (χ0n) is 14.6. The normalized spacial score (nSPS) is 16.4. The average molecular weight is 358 g/mol. The largest absolute Gasteiger partial charge is 0.416 e. The second-order valence-electron chi connectivity index (χ2n) is 6.41. The first-order valence-corrected chi connectivity index (χ1v) is 8.34. The number of aliphatic imine (C=N–C) groups is 1. The van der Waals surface area contributed by atoms with Crippen LogP contribution in [0.5, 0.6) is 0 Å². The highest BCUT2D eigenvalue weighted by Crippen LogP contribution is 2.35. The molecule has 1 aliphatic rings. The van der Waals surface area contributed by atoms with Crippen LogP contribution >= 0.6 is 0 Å². The van der Waals surface area contributed by atoms with Gasteiger partial charge in [0.25, 0.3) is 0 Å². The molecule has 1 aromatic rings. The van der Waals surface area contributed by atoms with Gasteiger partial charge in [0.05, 0.1) is 25.3 Å². The molecule has 8 heteroatoms. The van der Waals surface area contributed by atoms with Crippen molar-refractivity contribution in [1.82, 2.24) is 5.32 Å². The number of alkyl halides is 3. The van der Waals surface area contributed by atoms with Crippen molar-refractivity contribution in [3.63, 3.8) is 0 Å². The summed E-state index contributed by atoms with van der Waals surface area (Å²) in [5.74, 6) is 0.520. The maximum atomic E-state index is 13.4. The molecular weight excluding hydrogens is 333 g/mol. The minimum absolute atomic E-state index is 0.110. The van der Waals surface area contributed by atoms with Crippen molar-refractivity contribution in [3.8, 4) is 0 Å². The van der Waals surface area contributed by atoms with E-state index >= 15 is 0 Å². The number of nitrogens with zero attached hydrogens (tertiary/aromatic N) is 2. The molecule has 140 valence electrons. The maximum absolute atomic E-state index is 13.4. The standard InChI is InChI=1S/C17H25F3N4O/c1-12(2)10-22-16(21)23-11-13-3-4-14(9-15(13)17(18,19)20)24-5-7-25-8-6-24/h3-4,9,12H,5-8,10-11H2,1-2H3,(H3,21,22,23). The van der Waals surface area contributed by atoms with Crippen LogP contribution in [0.4, 0.5) is 18.9 Å². The SMILES string of the molecule is CC(C)CNC(N)=NCc1ccc(N2CCOCC2)cc1C(F)(F)F. The maximum Gasteiger partial charge on any atom is 0.416 e. The van der Waals surface area contributed by atoms with Crippen LogP contribution in [0.3, 0.4) is 0 Å². The Kier molecular flexibility index (Phi) is 6.52. The van der Waals surface area contributed by atoms with Crippen molar-refractivity contribution in [2.24, 2.45) is 16.6 Å². The first kappa shape index (κ1) is 19.4. The Balaban J connectivity index is 2.18. The van der Waals surface area contributed by atoms with Gasteiger partial charge in [0.1, 0.15) is 0 Å². The van der Waals surface area contributed by atoms with Crippen LogP contribution in [0.15, 0.2) is 23.2 Å². The van der Waals surface area contributed by atoms with E-state index in [4.69, 9.17) is 10.5 Å². The molecule has 1 aliphatic heterocycles. The first-order chi connectivity index (χ1) is 11.8. The number of hydrogen-bond acceptors (Lipinski definition) is 3. The molecule has 1 aromatic carbocycles. The van der Waals surface area contributed by atoms with Gasteiger partial charge < -0.3 is 20.7 Å². The van der Waals surface area contributed by atoms with Crippen LogP contribution in [0.2, 0.25) is 0 Å². The number of morpholine rings is 1. The van der Waals surface area contributed by atoms with Gasteiger partial charge in [-0.25, -0.2) is 4.99 Å². The van der Waals surface area contributed by atoms with Crippen LogP contribution in [0.1, 0.15) is 25.0 Å². The average Bonchev–Trinajstić information content (AvgIpc) is 2.58. The fourth-order valence-corrected chi connectivity index (χ4v) is 2.52. The number of hydrogen-bond donors (Lipinski definition) is 2. The van der Waals surface area contributed by atoms with Crippen LogP contribution < -0.4 is 16.0 Å². The molecule has 0 atom stereocenters. The zero-order valence-corrected chi connectivity index (χ0v) is 14.6. The molecule has 2 rings (SSSR count). The minimum atomic E-state index is -4.44. The second kappa shape index (κ2) is 8.42. The van der Waals surface area contributed by atoms with Gasteiger partial charge in [0, 0.05) is 25.3 Å². The van der Waals surface area contributed by atoms with Crippen LogP contribution in [-0.2, 0) is 17.5 Å². The van der Waals surface area contributed by atoms with Gasteiger partial charge in [-0.05, 0) is 23.6 Å². The third-order valence-electron chi connectivity index (χ3n) is 3.89. The lowest BCUT2D eigenvalue weighted by atomic mass is 10.1. The fraction of sp³-hybridized carbons (Fsp3) is 0.588. The van der Waals surface area contributed by atoms with Gasteiger partial charge in [0.2, 0.25) is 0 Å². The molecule has 5 nitrogen and oxygen atoms in total. The predicted octanol–water partition coefficient (Wildman–Crippen LogP) is 2.60. The van der Waals surface area contributed by atoms with E-state index in [1.54, 1.807) is 6.07 Å². The van der Waals surface area contributed by atoms with E-state index in [0.717, 1.165) is 0 Å². The third kappa shape index (κ3) is 5.81. The number of anilines is 1. The van der Waals surface area contributed by atoms with E-state index in [9.17, 15) is 13.2 Å². The molecule has 0 aliphatic carbocycles. The Hall–Kier alpha value is -1.96. The topological polar surface area (TPSA) is 62.9 Å². The smallest absolute Gasteiger partial charge is 0.378 e. The first-order valence-electron chi connectivity index (χ1n) is 8.34. The quantitative estimate of drug-likeness (QED) is 0.627. The van der Waals surface area contributed by atoms with E-state index in [1.807, 2.05) is 18.7 Å². The van der Waals surface area contributed by atoms with Crippen LogP contribution in [0, 0.1) is 5.92 Å². The summed E-state index contributed by atoms with van der Waals surface area (Å²) in [4.78, 5) is 5.93. The summed E-state index contributed by atoms with van der Waals surface area (Å²) in [6.45, 7) is 6.73. The molecule has 0 saturated carbocycles. The lowest BCUT2D eigenvalue weighted by molar-refractivity contribution is -0.138. The Bertz CT molecular complexity index is 596. The van der Waals surface area contributed by atoms with Crippen molar-refractivity contribution < 1.29 is 17.9 Å². The number of halogens is 3. The van der Waals surface area contributed by atoms with Gasteiger partial charge in [-0.15, -0.1) is 0 Å². The van der Waals surface area contributed by atoms with E-state index in [-0.39, 0.29) is 18.1 Å². The monoisotopic (exact) mass is 358 g/mol. The molecular formula is C17H25F3N4O. The molecule has 0 aromatic heterocycles. The van der Waals surface area contributed by atoms with Gasteiger partial charge in [-0.3, -0.25) is 0 Å². The lowest BCUT2D eigenvalue weighted by Gasteiger charge is -2.29. The van der Waals surface area contributed by atoms with Crippen molar-refractivity contribution in [3.05, 3.63) is 29.3 Å². The van der Waals surface area contributed by atoms with Crippen molar-refractivity contribution >= 4 is 11.6 Å². The number of nitrogens with two attached hydrogens (primary N) is 1. The second-order valence-corrected chi connectivity index (χ2v) is 6.41. The van der Waals surface area contributed by atoms with E-state index in [1.165, 1.54) is 12.1 Å². The molecule has 1 fully saturated rings. The molecule has 0 radical (unpaired) electrons. The highest BCUT2D eigenvalue weighted by Gasteiger charge is 2.34. The summed E-state index contributed by atoms with van der Waals surface area (Å²) in [6, 6.07) is 4.36. The molecule has 1 heterocycles. The molecule has 25 heavy (non-hydrogen) atoms. The highest BCUT2D eigenvalue weighted by molar-refractivity contribution is 5.77. The van der Waals surface area contributed by atoms with Gasteiger partial charge in [-0.1, -0.05) is 19.9 Å². The number of rotatable bonds is 5. The number of guanidine groups is 1. The van der Waals surface area contributed by atoms with Gasteiger partial charge in [0.15, 0.2) is 5.96 Å². The summed E-state index contributed by atoms with van der Waals surface area (Å²) in [7, 11) is 0. The lowest BCUT2D eigenvalue weighted by Crippen LogP contribution is -2.36. The molecule has 0 unspecified atom stereocenters. The minimum Gasteiger partial charge on any atom is -0.378 e. The Labute approximate surface area is 146 Å². The number of nitrogens with one attached hydrogen (secondary N) is 1. The number of ether oxygens (including phenoxy) is 1. The molecule has 0 amide bonds. The molecule has 1 saturated heterocycles. The summed E-state index contributed by atoms with van der Waals surface area (Å²) >= 11 is 0. The summed E-state index contributed by atoms with van der Waals surface area (Å²) < 4.78 is 45.6. The third-order valence-corrected chi connectivity index (χ3v) is 3.89. The molecule has 0 spiro atoms. The van der Waals surface area contributed by atoms with Crippen molar-refractivity contribution in [2.45, 2.75) is 26.6 Å². The van der Waals surface area contributed by atoms with Crippen molar-refractivity contribution in [1.29, 1.82) is 0 Å². The van der Waals surface area contributed by atoms with Gasteiger partial charge in [-0.2, -0.15) is 13.2 Å². The summed E-state index contributed by atoms with van der Waals surface area (Å²) in [5, 5.41) is 2.90. The molecule has 0 bridgehead atoms. The number of benzene rings is 1. The van der Waals surface area contributed by atoms with E-state index in [0.29, 0.717) is 44.5 Å². The predicted molar refractivity (Wildman–Crippen MR) is 92.6 cm³/mol. The summed E-state index contributed by atoms with van der Waals surface area (Å²) in [5.41, 5.74) is 5.70. The van der Waals surface area contributed by atoms with Crippen molar-refractivity contribution in [2.75, 3.05) is 37.7 Å². The Morgan fingerprint density at radius 3 is 2.60 bits per heavy atom. The van der Waals surface area contributed by atoms with Crippen LogP contribution in [0.25, 0.3) is 0 Å². The van der Waals surface area contributed by atoms with E-state index in [2.05, 4.69) is 10.3 Å². The highest BCUT2D eigenvalue weighted by atomic mass is 19.4.